The average Bonchev–Trinajstić information content (AvgIpc) is 2.36. The number of rotatable bonds is 1. The molecule has 1 heterocycles. The summed E-state index contributed by atoms with van der Waals surface area (Å²) in [6, 6.07) is 6.10. The van der Waals surface area contributed by atoms with Gasteiger partial charge in [0.05, 0.1) is 0 Å². The van der Waals surface area contributed by atoms with E-state index < -0.39 is 0 Å². The number of piperidine rings is 1. The van der Waals surface area contributed by atoms with Gasteiger partial charge >= 0.3 is 0 Å². The molecule has 104 valence electrons. The first kappa shape index (κ1) is 14.4. The molecule has 19 heavy (non-hydrogen) atoms. The summed E-state index contributed by atoms with van der Waals surface area (Å²) in [6.45, 7) is 9.48. The lowest BCUT2D eigenvalue weighted by Gasteiger charge is -2.41. The summed E-state index contributed by atoms with van der Waals surface area (Å²) in [6.07, 6.45) is 1.20. The van der Waals surface area contributed by atoms with Crippen LogP contribution in [0.2, 0.25) is 0 Å². The monoisotopic (exact) mass is 277 g/mol. The van der Waals surface area contributed by atoms with E-state index in [2.05, 4.69) is 33.4 Å². The Morgan fingerprint density at radius 3 is 2.68 bits per heavy atom. The number of carbonyl (C=O) groups excluding carboxylic acids is 1. The summed E-state index contributed by atoms with van der Waals surface area (Å²) in [7, 11) is 0. The van der Waals surface area contributed by atoms with Crippen molar-refractivity contribution in [2.75, 3.05) is 6.54 Å². The Morgan fingerprint density at radius 2 is 2.00 bits per heavy atom. The van der Waals surface area contributed by atoms with Gasteiger partial charge in [-0.3, -0.25) is 4.79 Å². The minimum absolute atomic E-state index is 0.152. The highest BCUT2D eigenvalue weighted by Gasteiger charge is 2.32. The fourth-order valence-electron chi connectivity index (χ4n) is 2.98. The second kappa shape index (κ2) is 5.58. The maximum atomic E-state index is 12.8. The summed E-state index contributed by atoms with van der Waals surface area (Å²) in [4.78, 5) is 15.6. The van der Waals surface area contributed by atoms with E-state index in [1.54, 1.807) is 0 Å². The van der Waals surface area contributed by atoms with E-state index in [-0.39, 0.29) is 5.91 Å². The van der Waals surface area contributed by atoms with Gasteiger partial charge in [-0.1, -0.05) is 19.9 Å². The van der Waals surface area contributed by atoms with Crippen molar-refractivity contribution in [3.63, 3.8) is 0 Å². The van der Waals surface area contributed by atoms with Crippen LogP contribution < -0.4 is 0 Å². The number of aryl methyl sites for hydroxylation is 1. The highest BCUT2D eigenvalue weighted by molar-refractivity contribution is 7.80. The van der Waals surface area contributed by atoms with E-state index in [0.29, 0.717) is 17.9 Å². The number of benzene rings is 1. The SMILES string of the molecule is Cc1ccc(S)cc1C(=O)N1CC(C)CC(C)C1C. The Balaban J connectivity index is 2.30. The molecule has 0 N–H and O–H groups in total. The molecule has 0 aliphatic carbocycles. The van der Waals surface area contributed by atoms with Gasteiger partial charge in [-0.15, -0.1) is 12.6 Å². The summed E-state index contributed by atoms with van der Waals surface area (Å²) in [5.41, 5.74) is 1.82. The maximum Gasteiger partial charge on any atom is 0.254 e. The normalized spacial score (nSPS) is 27.4. The fraction of sp³-hybridized carbons (Fsp3) is 0.562. The van der Waals surface area contributed by atoms with Gasteiger partial charge in [-0.25, -0.2) is 0 Å². The smallest absolute Gasteiger partial charge is 0.254 e. The molecule has 2 nitrogen and oxygen atoms in total. The molecule has 1 saturated heterocycles. The molecule has 1 aliphatic heterocycles. The first-order valence-electron chi connectivity index (χ1n) is 7.00. The van der Waals surface area contributed by atoms with Crippen molar-refractivity contribution in [1.29, 1.82) is 0 Å². The molecule has 3 heteroatoms. The third-order valence-corrected chi connectivity index (χ3v) is 4.59. The largest absolute Gasteiger partial charge is 0.335 e. The summed E-state index contributed by atoms with van der Waals surface area (Å²) < 4.78 is 0. The van der Waals surface area contributed by atoms with Crippen molar-refractivity contribution >= 4 is 18.5 Å². The zero-order chi connectivity index (χ0) is 14.2. The van der Waals surface area contributed by atoms with Crippen LogP contribution >= 0.6 is 12.6 Å². The van der Waals surface area contributed by atoms with Gasteiger partial charge in [0.25, 0.3) is 5.91 Å². The quantitative estimate of drug-likeness (QED) is 0.774. The van der Waals surface area contributed by atoms with E-state index >= 15 is 0 Å². The Morgan fingerprint density at radius 1 is 1.32 bits per heavy atom. The minimum atomic E-state index is 0.152. The van der Waals surface area contributed by atoms with Crippen LogP contribution in [0.5, 0.6) is 0 Å². The molecule has 0 radical (unpaired) electrons. The highest BCUT2D eigenvalue weighted by atomic mass is 32.1. The van der Waals surface area contributed by atoms with Crippen LogP contribution in [-0.2, 0) is 0 Å². The predicted molar refractivity (Wildman–Crippen MR) is 81.9 cm³/mol. The fourth-order valence-corrected chi connectivity index (χ4v) is 3.18. The van der Waals surface area contributed by atoms with Crippen molar-refractivity contribution in [1.82, 2.24) is 4.90 Å². The zero-order valence-electron chi connectivity index (χ0n) is 12.2. The lowest BCUT2D eigenvalue weighted by molar-refractivity contribution is 0.0455. The van der Waals surface area contributed by atoms with Crippen molar-refractivity contribution < 1.29 is 4.79 Å². The lowest BCUT2D eigenvalue weighted by Crippen LogP contribution is -2.49. The first-order valence-corrected chi connectivity index (χ1v) is 7.45. The second-order valence-electron chi connectivity index (χ2n) is 6.02. The number of amides is 1. The van der Waals surface area contributed by atoms with Crippen LogP contribution in [0.4, 0.5) is 0 Å². The van der Waals surface area contributed by atoms with Gasteiger partial charge in [0.15, 0.2) is 0 Å². The van der Waals surface area contributed by atoms with Gasteiger partial charge in [-0.2, -0.15) is 0 Å². The minimum Gasteiger partial charge on any atom is -0.335 e. The van der Waals surface area contributed by atoms with Crippen molar-refractivity contribution in [3.8, 4) is 0 Å². The molecular formula is C16H23NOS. The second-order valence-corrected chi connectivity index (χ2v) is 6.53. The molecule has 1 aromatic carbocycles. The Labute approximate surface area is 121 Å². The van der Waals surface area contributed by atoms with Gasteiger partial charge in [0.1, 0.15) is 0 Å². The van der Waals surface area contributed by atoms with Gasteiger partial charge < -0.3 is 4.90 Å². The van der Waals surface area contributed by atoms with Crippen molar-refractivity contribution in [2.24, 2.45) is 11.8 Å². The van der Waals surface area contributed by atoms with Crippen LogP contribution in [0.25, 0.3) is 0 Å². The van der Waals surface area contributed by atoms with Gasteiger partial charge in [0, 0.05) is 23.0 Å². The first-order chi connectivity index (χ1) is 8.90. The number of hydrogen-bond donors (Lipinski definition) is 1. The molecule has 1 aliphatic rings. The lowest BCUT2D eigenvalue weighted by atomic mass is 9.85. The molecule has 0 bridgehead atoms. The number of thiol groups is 1. The number of hydrogen-bond acceptors (Lipinski definition) is 2. The van der Waals surface area contributed by atoms with Crippen LogP contribution in [-0.4, -0.2) is 23.4 Å². The van der Waals surface area contributed by atoms with Crippen LogP contribution in [0, 0.1) is 18.8 Å². The van der Waals surface area contributed by atoms with E-state index in [9.17, 15) is 4.79 Å². The number of likely N-dealkylation sites (tertiary alicyclic amines) is 1. The third kappa shape index (κ3) is 2.97. The molecule has 0 spiro atoms. The van der Waals surface area contributed by atoms with Gasteiger partial charge in [-0.05, 0) is 49.8 Å². The summed E-state index contributed by atoms with van der Waals surface area (Å²) in [5.74, 6) is 1.29. The Bertz CT molecular complexity index is 486. The van der Waals surface area contributed by atoms with E-state index in [1.807, 2.05) is 30.0 Å². The van der Waals surface area contributed by atoms with Crippen molar-refractivity contribution in [3.05, 3.63) is 29.3 Å². The molecule has 1 amide bonds. The van der Waals surface area contributed by atoms with E-state index in [1.165, 1.54) is 6.42 Å². The molecule has 0 aromatic heterocycles. The standard InChI is InChI=1S/C16H23NOS/c1-10-7-12(3)13(4)17(9-10)16(18)15-8-14(19)6-5-11(15)2/h5-6,8,10,12-13,19H,7,9H2,1-4H3. The Hall–Kier alpha value is -0.960. The predicted octanol–water partition coefficient (Wildman–Crippen LogP) is 3.79. The molecule has 2 rings (SSSR count). The van der Waals surface area contributed by atoms with Crippen LogP contribution in [0.15, 0.2) is 23.1 Å². The highest BCUT2D eigenvalue weighted by Crippen LogP contribution is 2.29. The zero-order valence-corrected chi connectivity index (χ0v) is 13.1. The van der Waals surface area contributed by atoms with Gasteiger partial charge in [0.2, 0.25) is 0 Å². The molecule has 0 saturated carbocycles. The molecule has 1 fully saturated rings. The van der Waals surface area contributed by atoms with E-state index in [0.717, 1.165) is 22.6 Å². The maximum absolute atomic E-state index is 12.8. The van der Waals surface area contributed by atoms with E-state index in [4.69, 9.17) is 0 Å². The van der Waals surface area contributed by atoms with Crippen LogP contribution in [0.1, 0.15) is 43.1 Å². The molecule has 3 unspecified atom stereocenters. The Kier molecular flexibility index (Phi) is 4.24. The number of nitrogens with zero attached hydrogens (tertiary/aromatic N) is 1. The summed E-state index contributed by atoms with van der Waals surface area (Å²) in [5, 5.41) is 0. The average molecular weight is 277 g/mol. The van der Waals surface area contributed by atoms with Crippen molar-refractivity contribution in [2.45, 2.75) is 45.1 Å². The third-order valence-electron chi connectivity index (χ3n) is 4.31. The summed E-state index contributed by atoms with van der Waals surface area (Å²) >= 11 is 4.35. The van der Waals surface area contributed by atoms with Crippen LogP contribution in [0.3, 0.4) is 0 Å². The topological polar surface area (TPSA) is 20.3 Å². The molecule has 3 atom stereocenters. The molecule has 1 aromatic rings. The molecular weight excluding hydrogens is 254 g/mol. The number of carbonyl (C=O) groups is 1.